The summed E-state index contributed by atoms with van der Waals surface area (Å²) in [6.45, 7) is 0.681. The van der Waals surface area contributed by atoms with Crippen LogP contribution in [0.25, 0.3) is 10.9 Å². The molecule has 210 valence electrons. The molecule has 1 aliphatic carbocycles. The topological polar surface area (TPSA) is 117 Å². The Labute approximate surface area is 224 Å². The number of nitrogens with zero attached hydrogens (tertiary/aromatic N) is 3. The maximum absolute atomic E-state index is 12.5. The van der Waals surface area contributed by atoms with Crippen molar-refractivity contribution in [3.05, 3.63) is 54.1 Å². The number of amides is 1. The molecular weight excluding hydrogens is 515 g/mol. The van der Waals surface area contributed by atoms with E-state index in [0.717, 1.165) is 42.4 Å². The van der Waals surface area contributed by atoms with Crippen molar-refractivity contribution in [3.63, 3.8) is 0 Å². The highest BCUT2D eigenvalue weighted by molar-refractivity contribution is 5.96. The Hall–Kier alpha value is -4.09. The summed E-state index contributed by atoms with van der Waals surface area (Å²) in [5.74, 6) is -0.158. The van der Waals surface area contributed by atoms with Gasteiger partial charge in [0.05, 0.1) is 18.2 Å². The quantitative estimate of drug-likeness (QED) is 0.389. The molecule has 3 N–H and O–H groups in total. The fraction of sp³-hybridized carbons (Fsp3) is 0.407. The van der Waals surface area contributed by atoms with E-state index in [0.29, 0.717) is 35.8 Å². The number of hydrogen-bond acceptors (Lipinski definition) is 7. The number of rotatable bonds is 7. The van der Waals surface area contributed by atoms with Crippen molar-refractivity contribution in [2.45, 2.75) is 37.9 Å². The predicted octanol–water partition coefficient (Wildman–Crippen LogP) is 4.74. The zero-order chi connectivity index (χ0) is 28.6. The SMILES string of the molecule is COc1ccccc1C(=O)NCC1CCC(Nc2nc(N(C)C)c3ccccc3n2)CC1.O=C(O)C(F)(F)F. The molecule has 9 nitrogen and oxygen atoms in total. The summed E-state index contributed by atoms with van der Waals surface area (Å²) >= 11 is 0. The molecule has 39 heavy (non-hydrogen) atoms. The molecule has 3 aromatic rings. The summed E-state index contributed by atoms with van der Waals surface area (Å²) in [7, 11) is 5.59. The maximum atomic E-state index is 12.5. The van der Waals surface area contributed by atoms with E-state index in [1.165, 1.54) is 0 Å². The molecule has 0 aliphatic heterocycles. The van der Waals surface area contributed by atoms with Crippen LogP contribution < -0.4 is 20.3 Å². The van der Waals surface area contributed by atoms with E-state index in [1.807, 2.05) is 55.4 Å². The monoisotopic (exact) mass is 547 g/mol. The van der Waals surface area contributed by atoms with Gasteiger partial charge in [-0.1, -0.05) is 24.3 Å². The van der Waals surface area contributed by atoms with Gasteiger partial charge in [-0.2, -0.15) is 18.2 Å². The fourth-order valence-electron chi connectivity index (χ4n) is 4.32. The first kappa shape index (κ1) is 29.5. The van der Waals surface area contributed by atoms with E-state index >= 15 is 0 Å². The van der Waals surface area contributed by atoms with E-state index in [4.69, 9.17) is 24.6 Å². The number of alkyl halides is 3. The normalized spacial score (nSPS) is 17.0. The number of methoxy groups -OCH3 is 1. The first-order valence-corrected chi connectivity index (χ1v) is 12.4. The number of aromatic nitrogens is 2. The lowest BCUT2D eigenvalue weighted by Crippen LogP contribution is -2.34. The molecule has 1 fully saturated rings. The van der Waals surface area contributed by atoms with Crippen molar-refractivity contribution in [2.24, 2.45) is 5.92 Å². The lowest BCUT2D eigenvalue weighted by Gasteiger charge is -2.29. The molecular formula is C27H32F3N5O4. The average molecular weight is 548 g/mol. The molecule has 1 aromatic heterocycles. The van der Waals surface area contributed by atoms with Crippen molar-refractivity contribution >= 4 is 34.5 Å². The maximum Gasteiger partial charge on any atom is 0.490 e. The lowest BCUT2D eigenvalue weighted by atomic mass is 9.86. The number of carbonyl (C=O) groups excluding carboxylic acids is 1. The van der Waals surface area contributed by atoms with Crippen LogP contribution >= 0.6 is 0 Å². The largest absolute Gasteiger partial charge is 0.496 e. The number of halogens is 3. The number of ether oxygens (including phenoxy) is 1. The van der Waals surface area contributed by atoms with Crippen molar-refractivity contribution in [3.8, 4) is 5.75 Å². The van der Waals surface area contributed by atoms with Crippen LogP contribution in [0.5, 0.6) is 5.75 Å². The molecule has 1 aliphatic rings. The summed E-state index contributed by atoms with van der Waals surface area (Å²) in [6.07, 6.45) is -0.915. The van der Waals surface area contributed by atoms with Crippen molar-refractivity contribution in [2.75, 3.05) is 38.0 Å². The van der Waals surface area contributed by atoms with Gasteiger partial charge in [0.15, 0.2) is 0 Å². The second-order valence-electron chi connectivity index (χ2n) is 9.36. The summed E-state index contributed by atoms with van der Waals surface area (Å²) in [4.78, 5) is 32.9. The van der Waals surface area contributed by atoms with Crippen LogP contribution in [-0.2, 0) is 4.79 Å². The Morgan fingerprint density at radius 1 is 1.03 bits per heavy atom. The Kier molecular flexibility index (Phi) is 9.91. The number of para-hydroxylation sites is 2. The van der Waals surface area contributed by atoms with Crippen LogP contribution in [0.15, 0.2) is 48.5 Å². The Morgan fingerprint density at radius 2 is 1.64 bits per heavy atom. The molecule has 0 atom stereocenters. The summed E-state index contributed by atoms with van der Waals surface area (Å²) in [5.41, 5.74) is 1.52. The van der Waals surface area contributed by atoms with E-state index in [-0.39, 0.29) is 5.91 Å². The van der Waals surface area contributed by atoms with Gasteiger partial charge in [0.1, 0.15) is 11.6 Å². The molecule has 1 heterocycles. The number of fused-ring (bicyclic) bond motifs is 1. The van der Waals surface area contributed by atoms with Gasteiger partial charge in [-0.05, 0) is 55.9 Å². The van der Waals surface area contributed by atoms with Gasteiger partial charge in [-0.3, -0.25) is 4.79 Å². The number of carboxylic acid groups (broad SMARTS) is 1. The smallest absolute Gasteiger partial charge is 0.490 e. The average Bonchev–Trinajstić information content (AvgIpc) is 2.91. The third-order valence-corrected chi connectivity index (χ3v) is 6.33. The number of carbonyl (C=O) groups is 2. The van der Waals surface area contributed by atoms with Crippen LogP contribution in [0.3, 0.4) is 0 Å². The molecule has 0 bridgehead atoms. The van der Waals surface area contributed by atoms with Crippen LogP contribution in [0.2, 0.25) is 0 Å². The number of hydrogen-bond donors (Lipinski definition) is 3. The number of nitrogens with one attached hydrogen (secondary N) is 2. The zero-order valence-electron chi connectivity index (χ0n) is 22.0. The molecule has 0 unspecified atom stereocenters. The van der Waals surface area contributed by atoms with Gasteiger partial charge >= 0.3 is 12.1 Å². The van der Waals surface area contributed by atoms with Crippen LogP contribution in [0, 0.1) is 5.92 Å². The van der Waals surface area contributed by atoms with Crippen LogP contribution in [-0.4, -0.2) is 66.9 Å². The lowest BCUT2D eigenvalue weighted by molar-refractivity contribution is -0.192. The molecule has 12 heteroatoms. The van der Waals surface area contributed by atoms with Gasteiger partial charge in [0.2, 0.25) is 5.95 Å². The predicted molar refractivity (Wildman–Crippen MR) is 142 cm³/mol. The zero-order valence-corrected chi connectivity index (χ0v) is 22.0. The molecule has 2 aromatic carbocycles. The number of benzene rings is 2. The first-order chi connectivity index (χ1) is 18.5. The number of anilines is 2. The molecule has 1 saturated carbocycles. The van der Waals surface area contributed by atoms with E-state index in [2.05, 4.69) is 16.7 Å². The fourth-order valence-corrected chi connectivity index (χ4v) is 4.32. The number of aliphatic carboxylic acids is 1. The third kappa shape index (κ3) is 8.20. The standard InChI is InChI=1S/C25H31N5O2.C2HF3O2/c1-30(2)23-19-8-4-6-10-21(19)28-25(29-23)27-18-14-12-17(13-15-18)16-26-24(31)20-9-5-7-11-22(20)32-3;3-2(4,5)1(6)7/h4-11,17-18H,12-16H2,1-3H3,(H,26,31)(H,27,28,29);(H,6,7). The van der Waals surface area contributed by atoms with Crippen molar-refractivity contribution < 1.29 is 32.6 Å². The van der Waals surface area contributed by atoms with Crippen molar-refractivity contribution in [1.29, 1.82) is 0 Å². The Balaban J connectivity index is 0.000000532. The summed E-state index contributed by atoms with van der Waals surface area (Å²) < 4.78 is 37.0. The van der Waals surface area contributed by atoms with Crippen LogP contribution in [0.4, 0.5) is 24.9 Å². The molecule has 0 saturated heterocycles. The first-order valence-electron chi connectivity index (χ1n) is 12.4. The molecule has 4 rings (SSSR count). The van der Waals surface area contributed by atoms with Crippen molar-refractivity contribution in [1.82, 2.24) is 15.3 Å². The Bertz CT molecular complexity index is 1280. The van der Waals surface area contributed by atoms with Gasteiger partial charge in [-0.15, -0.1) is 0 Å². The minimum atomic E-state index is -5.08. The van der Waals surface area contributed by atoms with Gasteiger partial charge in [-0.25, -0.2) is 9.78 Å². The van der Waals surface area contributed by atoms with E-state index < -0.39 is 12.1 Å². The summed E-state index contributed by atoms with van der Waals surface area (Å²) in [5, 5.41) is 14.8. The second-order valence-corrected chi connectivity index (χ2v) is 9.36. The minimum absolute atomic E-state index is 0.0801. The van der Waals surface area contributed by atoms with Gasteiger partial charge < -0.3 is 25.4 Å². The van der Waals surface area contributed by atoms with Gasteiger partial charge in [0, 0.05) is 32.1 Å². The Morgan fingerprint density at radius 3 is 2.26 bits per heavy atom. The minimum Gasteiger partial charge on any atom is -0.496 e. The molecule has 0 radical (unpaired) electrons. The van der Waals surface area contributed by atoms with Crippen LogP contribution in [0.1, 0.15) is 36.0 Å². The summed E-state index contributed by atoms with van der Waals surface area (Å²) in [6, 6.07) is 15.8. The third-order valence-electron chi connectivity index (χ3n) is 6.33. The highest BCUT2D eigenvalue weighted by Crippen LogP contribution is 2.28. The molecule has 1 amide bonds. The van der Waals surface area contributed by atoms with E-state index in [9.17, 15) is 18.0 Å². The number of carboxylic acids is 1. The second kappa shape index (κ2) is 13.1. The van der Waals surface area contributed by atoms with Gasteiger partial charge in [0.25, 0.3) is 5.91 Å². The molecule has 0 spiro atoms. The highest BCUT2D eigenvalue weighted by atomic mass is 19.4. The van der Waals surface area contributed by atoms with E-state index in [1.54, 1.807) is 13.2 Å². The highest BCUT2D eigenvalue weighted by Gasteiger charge is 2.38.